The smallest absolute Gasteiger partial charge is 0.404 e. The average molecular weight is 350 g/mol. The number of rotatable bonds is 4. The fraction of sp³-hybridized carbons (Fsp3) is 0.684. The van der Waals surface area contributed by atoms with E-state index in [0.29, 0.717) is 11.3 Å². The average Bonchev–Trinajstić information content (AvgIpc) is 2.90. The summed E-state index contributed by atoms with van der Waals surface area (Å²) in [6.07, 6.45) is 4.52. The van der Waals surface area contributed by atoms with Crippen LogP contribution in [0.1, 0.15) is 45.6 Å². The largest absolute Gasteiger partial charge is 0.475 e. The summed E-state index contributed by atoms with van der Waals surface area (Å²) in [4.78, 5) is 0. The van der Waals surface area contributed by atoms with Crippen molar-refractivity contribution in [2.24, 2.45) is 23.0 Å². The van der Waals surface area contributed by atoms with Crippen molar-refractivity contribution in [1.29, 1.82) is 0 Å². The van der Waals surface area contributed by atoms with E-state index >= 15 is 0 Å². The predicted octanol–water partition coefficient (Wildman–Crippen LogP) is 3.64. The quantitative estimate of drug-likeness (QED) is 0.844. The number of hydrogen-bond acceptors (Lipinski definition) is 3. The number of hydrogen-bond donors (Lipinski definition) is 1. The number of aryl methyl sites for hydroxylation is 1. The molecule has 1 aromatic carbocycles. The molecule has 5 atom stereocenters. The zero-order chi connectivity index (χ0) is 16.2. The van der Waals surface area contributed by atoms with Crippen molar-refractivity contribution in [3.8, 4) is 0 Å². The van der Waals surface area contributed by atoms with Gasteiger partial charge in [0.15, 0.2) is 0 Å². The molecule has 1 saturated heterocycles. The van der Waals surface area contributed by atoms with Crippen LogP contribution in [-0.4, -0.2) is 24.8 Å². The highest BCUT2D eigenvalue weighted by molar-refractivity contribution is 6.47. The summed E-state index contributed by atoms with van der Waals surface area (Å²) in [6, 6.07) is 10.5. The third kappa shape index (κ3) is 2.72. The van der Waals surface area contributed by atoms with E-state index in [9.17, 15) is 0 Å². The molecule has 0 radical (unpaired) electrons. The van der Waals surface area contributed by atoms with Crippen LogP contribution in [0.15, 0.2) is 30.3 Å². The second-order valence-electron chi connectivity index (χ2n) is 8.53. The van der Waals surface area contributed by atoms with Crippen LogP contribution >= 0.6 is 12.4 Å². The molecule has 1 aromatic rings. The van der Waals surface area contributed by atoms with Crippen LogP contribution in [0.2, 0.25) is 0 Å². The second-order valence-corrected chi connectivity index (χ2v) is 8.53. The number of nitrogens with two attached hydrogens (primary N) is 1. The molecular formula is C19H29BClNO2. The van der Waals surface area contributed by atoms with Crippen molar-refractivity contribution in [3.63, 3.8) is 0 Å². The standard InChI is InChI=1S/C19H28BNO2.ClH/c1-18(2)14-11-15(18)19(3)16(12-14)22-20(23-19)17(21)10-9-13-7-5-4-6-8-13;/h4-8,14-17H,9-12,21H2,1-3H3;1H/t14?,15-,16-,17+,19?;/m1./s1. The predicted molar refractivity (Wildman–Crippen MR) is 100 cm³/mol. The maximum atomic E-state index is 6.44. The van der Waals surface area contributed by atoms with Gasteiger partial charge in [0.25, 0.3) is 0 Å². The van der Waals surface area contributed by atoms with E-state index in [1.54, 1.807) is 0 Å². The van der Waals surface area contributed by atoms with Crippen LogP contribution in [0.4, 0.5) is 0 Å². The fourth-order valence-corrected chi connectivity index (χ4v) is 5.20. The first kappa shape index (κ1) is 18.3. The molecule has 4 aliphatic rings. The molecule has 0 amide bonds. The summed E-state index contributed by atoms with van der Waals surface area (Å²) in [7, 11) is -0.246. The third-order valence-corrected chi connectivity index (χ3v) is 6.93. The maximum absolute atomic E-state index is 6.44. The highest BCUT2D eigenvalue weighted by Gasteiger charge is 2.68. The number of benzene rings is 1. The van der Waals surface area contributed by atoms with Gasteiger partial charge < -0.3 is 15.0 Å². The van der Waals surface area contributed by atoms with Gasteiger partial charge in [0.05, 0.1) is 11.7 Å². The Labute approximate surface area is 152 Å². The van der Waals surface area contributed by atoms with Gasteiger partial charge in [-0.25, -0.2) is 0 Å². The summed E-state index contributed by atoms with van der Waals surface area (Å²) in [5.74, 6) is 1.33. The Bertz CT molecular complexity index is 584. The molecule has 1 heterocycles. The molecule has 5 heteroatoms. The minimum Gasteiger partial charge on any atom is -0.404 e. The molecule has 0 aromatic heterocycles. The Morgan fingerprint density at radius 1 is 1.21 bits per heavy atom. The van der Waals surface area contributed by atoms with Crippen LogP contribution in [-0.2, 0) is 15.7 Å². The van der Waals surface area contributed by atoms with E-state index in [1.165, 1.54) is 12.0 Å². The molecule has 5 rings (SSSR count). The molecule has 4 fully saturated rings. The lowest BCUT2D eigenvalue weighted by atomic mass is 9.43. The van der Waals surface area contributed by atoms with Crippen LogP contribution in [0, 0.1) is 17.3 Å². The van der Waals surface area contributed by atoms with Crippen LogP contribution in [0.3, 0.4) is 0 Å². The van der Waals surface area contributed by atoms with Crippen molar-refractivity contribution in [3.05, 3.63) is 35.9 Å². The van der Waals surface area contributed by atoms with E-state index < -0.39 is 0 Å². The Hall–Kier alpha value is -0.545. The summed E-state index contributed by atoms with van der Waals surface area (Å²) < 4.78 is 12.7. The molecule has 2 unspecified atom stereocenters. The van der Waals surface area contributed by atoms with Gasteiger partial charge in [0, 0.05) is 5.94 Å². The summed E-state index contributed by atoms with van der Waals surface area (Å²) in [5, 5.41) is 0. The van der Waals surface area contributed by atoms with Crippen molar-refractivity contribution in [2.45, 2.75) is 64.1 Å². The van der Waals surface area contributed by atoms with E-state index in [2.05, 4.69) is 45.0 Å². The number of halogens is 1. The first-order chi connectivity index (χ1) is 10.9. The summed E-state index contributed by atoms with van der Waals surface area (Å²) >= 11 is 0. The molecule has 3 aliphatic carbocycles. The maximum Gasteiger partial charge on any atom is 0.475 e. The Balaban J connectivity index is 0.00000169. The first-order valence-corrected chi connectivity index (χ1v) is 9.04. The van der Waals surface area contributed by atoms with Gasteiger partial charge in [-0.05, 0) is 55.4 Å². The molecule has 3 saturated carbocycles. The van der Waals surface area contributed by atoms with Crippen molar-refractivity contribution in [2.75, 3.05) is 0 Å². The molecule has 3 nitrogen and oxygen atoms in total. The Kier molecular flexibility index (Phi) is 4.80. The monoisotopic (exact) mass is 349 g/mol. The first-order valence-electron chi connectivity index (χ1n) is 9.04. The molecule has 132 valence electrons. The SMILES string of the molecule is CC1(C)C2C[C@H]1C1(C)OB([C@@H](N)CCc3ccccc3)O[C@@H]1C2.Cl. The highest BCUT2D eigenvalue weighted by atomic mass is 35.5. The Morgan fingerprint density at radius 2 is 1.92 bits per heavy atom. The van der Waals surface area contributed by atoms with E-state index in [0.717, 1.165) is 25.2 Å². The molecular weight excluding hydrogens is 320 g/mol. The fourth-order valence-electron chi connectivity index (χ4n) is 5.20. The minimum absolute atomic E-state index is 0. The van der Waals surface area contributed by atoms with Gasteiger partial charge in [0.1, 0.15) is 0 Å². The van der Waals surface area contributed by atoms with E-state index in [-0.39, 0.29) is 37.2 Å². The van der Waals surface area contributed by atoms with Crippen molar-refractivity contribution < 1.29 is 9.31 Å². The molecule has 24 heavy (non-hydrogen) atoms. The van der Waals surface area contributed by atoms with Crippen molar-refractivity contribution >= 4 is 19.5 Å². The van der Waals surface area contributed by atoms with Crippen LogP contribution < -0.4 is 5.73 Å². The molecule has 1 aliphatic heterocycles. The summed E-state index contributed by atoms with van der Waals surface area (Å²) in [5.41, 5.74) is 7.98. The lowest BCUT2D eigenvalue weighted by Crippen LogP contribution is -2.65. The van der Waals surface area contributed by atoms with Crippen molar-refractivity contribution in [1.82, 2.24) is 0 Å². The van der Waals surface area contributed by atoms with Gasteiger partial charge in [-0.3, -0.25) is 0 Å². The zero-order valence-electron chi connectivity index (χ0n) is 14.9. The Morgan fingerprint density at radius 3 is 2.58 bits per heavy atom. The zero-order valence-corrected chi connectivity index (χ0v) is 15.7. The van der Waals surface area contributed by atoms with E-state index in [4.69, 9.17) is 15.0 Å². The third-order valence-electron chi connectivity index (χ3n) is 6.93. The molecule has 0 spiro atoms. The van der Waals surface area contributed by atoms with Gasteiger partial charge in [-0.15, -0.1) is 12.4 Å². The highest BCUT2D eigenvalue weighted by Crippen LogP contribution is 2.65. The minimum atomic E-state index is -0.246. The molecule has 2 N–H and O–H groups in total. The lowest BCUT2D eigenvalue weighted by molar-refractivity contribution is -0.199. The second kappa shape index (κ2) is 6.32. The summed E-state index contributed by atoms with van der Waals surface area (Å²) in [6.45, 7) is 7.03. The van der Waals surface area contributed by atoms with Crippen LogP contribution in [0.5, 0.6) is 0 Å². The van der Waals surface area contributed by atoms with Gasteiger partial charge >= 0.3 is 7.12 Å². The lowest BCUT2D eigenvalue weighted by Gasteiger charge is -2.64. The topological polar surface area (TPSA) is 44.5 Å². The van der Waals surface area contributed by atoms with Gasteiger partial charge in [-0.2, -0.15) is 0 Å². The van der Waals surface area contributed by atoms with Gasteiger partial charge in [-0.1, -0.05) is 44.2 Å². The van der Waals surface area contributed by atoms with Crippen LogP contribution in [0.25, 0.3) is 0 Å². The van der Waals surface area contributed by atoms with Gasteiger partial charge in [0.2, 0.25) is 0 Å². The molecule has 2 bridgehead atoms. The normalized spacial score (nSPS) is 37.2. The van der Waals surface area contributed by atoms with E-state index in [1.807, 2.05) is 6.07 Å².